The molecular weight excluding hydrogens is 442 g/mol. The summed E-state index contributed by atoms with van der Waals surface area (Å²) in [6.07, 6.45) is 2.92. The van der Waals surface area contributed by atoms with Crippen LogP contribution in [0.25, 0.3) is 0 Å². The quantitative estimate of drug-likeness (QED) is 0.527. The maximum absolute atomic E-state index is 13.1. The molecule has 0 radical (unpaired) electrons. The van der Waals surface area contributed by atoms with Crippen LogP contribution < -0.4 is 21.1 Å². The van der Waals surface area contributed by atoms with E-state index in [1.807, 2.05) is 36.1 Å². The number of hydrogen-bond donors (Lipinski definition) is 3. The van der Waals surface area contributed by atoms with Crippen molar-refractivity contribution in [1.29, 1.82) is 0 Å². The predicted molar refractivity (Wildman–Crippen MR) is 136 cm³/mol. The van der Waals surface area contributed by atoms with Gasteiger partial charge in [0.2, 0.25) is 17.8 Å². The van der Waals surface area contributed by atoms with Crippen LogP contribution in [0, 0.1) is 12.8 Å². The zero-order valence-electron chi connectivity index (χ0n) is 19.7. The molecule has 3 aromatic rings. The van der Waals surface area contributed by atoms with Gasteiger partial charge in [-0.15, -0.1) is 0 Å². The lowest BCUT2D eigenvalue weighted by atomic mass is 9.90. The van der Waals surface area contributed by atoms with Gasteiger partial charge in [-0.2, -0.15) is 4.98 Å². The number of aromatic amines is 1. The minimum Gasteiger partial charge on any atom is -0.342 e. The summed E-state index contributed by atoms with van der Waals surface area (Å²) in [6, 6.07) is 17.9. The Balaban J connectivity index is 1.32. The van der Waals surface area contributed by atoms with E-state index >= 15 is 0 Å². The molecule has 8 nitrogen and oxygen atoms in total. The molecule has 2 aliphatic rings. The van der Waals surface area contributed by atoms with Crippen molar-refractivity contribution < 1.29 is 9.59 Å². The first-order chi connectivity index (χ1) is 17.0. The van der Waals surface area contributed by atoms with Crippen molar-refractivity contribution in [3.8, 4) is 0 Å². The highest BCUT2D eigenvalue weighted by atomic mass is 16.2. The highest BCUT2D eigenvalue weighted by molar-refractivity contribution is 6.04. The zero-order valence-corrected chi connectivity index (χ0v) is 19.7. The first kappa shape index (κ1) is 22.8. The third-order valence-corrected chi connectivity index (χ3v) is 6.82. The van der Waals surface area contributed by atoms with Gasteiger partial charge in [-0.1, -0.05) is 42.5 Å². The number of nitrogens with zero attached hydrogens (tertiary/aromatic N) is 2. The van der Waals surface area contributed by atoms with E-state index in [2.05, 4.69) is 44.9 Å². The van der Waals surface area contributed by atoms with Crippen LogP contribution in [0.1, 0.15) is 41.9 Å². The van der Waals surface area contributed by atoms with Crippen molar-refractivity contribution in [2.75, 3.05) is 28.6 Å². The van der Waals surface area contributed by atoms with E-state index in [1.165, 1.54) is 5.56 Å². The first-order valence-electron chi connectivity index (χ1n) is 12.1. The Hall–Kier alpha value is -3.94. The number of anilines is 3. The molecule has 3 heterocycles. The van der Waals surface area contributed by atoms with Crippen molar-refractivity contribution in [1.82, 2.24) is 9.97 Å². The molecule has 1 atom stereocenters. The van der Waals surface area contributed by atoms with E-state index in [9.17, 15) is 14.4 Å². The van der Waals surface area contributed by atoms with E-state index < -0.39 is 11.8 Å². The van der Waals surface area contributed by atoms with E-state index in [-0.39, 0.29) is 29.3 Å². The molecule has 180 valence electrons. The summed E-state index contributed by atoms with van der Waals surface area (Å²) in [4.78, 5) is 48.0. The lowest BCUT2D eigenvalue weighted by Crippen LogP contribution is -2.40. The van der Waals surface area contributed by atoms with Gasteiger partial charge in [-0.05, 0) is 55.4 Å². The lowest BCUT2D eigenvalue weighted by molar-refractivity contribution is -0.123. The first-order valence-corrected chi connectivity index (χ1v) is 12.1. The van der Waals surface area contributed by atoms with Gasteiger partial charge in [0.05, 0.1) is 11.5 Å². The van der Waals surface area contributed by atoms with Crippen LogP contribution in [0.5, 0.6) is 0 Å². The number of H-pyrrole nitrogens is 1. The summed E-state index contributed by atoms with van der Waals surface area (Å²) >= 11 is 0. The van der Waals surface area contributed by atoms with E-state index in [4.69, 9.17) is 0 Å². The van der Waals surface area contributed by atoms with Crippen LogP contribution in [0.4, 0.5) is 17.5 Å². The third-order valence-electron chi connectivity index (χ3n) is 6.82. The summed E-state index contributed by atoms with van der Waals surface area (Å²) < 4.78 is 0. The van der Waals surface area contributed by atoms with Gasteiger partial charge in [0.15, 0.2) is 0 Å². The second kappa shape index (κ2) is 9.74. The number of nitrogens with one attached hydrogen (secondary N) is 3. The topological polar surface area (TPSA) is 107 Å². The van der Waals surface area contributed by atoms with Crippen molar-refractivity contribution in [2.45, 2.75) is 38.5 Å². The molecule has 0 aliphatic carbocycles. The van der Waals surface area contributed by atoms with Gasteiger partial charge in [0.25, 0.3) is 5.56 Å². The summed E-state index contributed by atoms with van der Waals surface area (Å²) in [5, 5.41) is 5.54. The number of hydrogen-bond acceptors (Lipinski definition) is 5. The molecule has 0 spiro atoms. The Morgan fingerprint density at radius 1 is 1.09 bits per heavy atom. The summed E-state index contributed by atoms with van der Waals surface area (Å²) in [5.74, 6) is -0.433. The third kappa shape index (κ3) is 5.11. The van der Waals surface area contributed by atoms with Crippen molar-refractivity contribution in [2.24, 2.45) is 5.92 Å². The highest BCUT2D eigenvalue weighted by Crippen LogP contribution is 2.31. The Morgan fingerprint density at radius 3 is 2.60 bits per heavy atom. The maximum Gasteiger partial charge on any atom is 0.258 e. The molecule has 0 bridgehead atoms. The molecule has 2 aromatic carbocycles. The summed E-state index contributed by atoms with van der Waals surface area (Å²) in [5.41, 5.74) is 2.78. The number of benzene rings is 2. The number of amides is 2. The maximum atomic E-state index is 13.1. The number of carbonyl (C=O) groups is 2. The van der Waals surface area contributed by atoms with Gasteiger partial charge in [-0.25, -0.2) is 0 Å². The molecule has 5 rings (SSSR count). The van der Waals surface area contributed by atoms with Crippen LogP contribution in [0.2, 0.25) is 0 Å². The molecular formula is C27H29N5O3. The molecule has 8 heteroatoms. The number of fused-ring (bicyclic) bond motifs is 1. The fourth-order valence-electron chi connectivity index (χ4n) is 4.98. The normalized spacial score (nSPS) is 18.0. The van der Waals surface area contributed by atoms with Gasteiger partial charge in [-0.3, -0.25) is 19.4 Å². The Bertz CT molecular complexity index is 1300. The van der Waals surface area contributed by atoms with Crippen LogP contribution in [-0.4, -0.2) is 34.9 Å². The van der Waals surface area contributed by atoms with E-state index in [0.717, 1.165) is 37.9 Å². The van der Waals surface area contributed by atoms with E-state index in [1.54, 1.807) is 6.07 Å². The van der Waals surface area contributed by atoms with Crippen molar-refractivity contribution in [3.05, 3.63) is 81.6 Å². The van der Waals surface area contributed by atoms with Gasteiger partial charge >= 0.3 is 0 Å². The van der Waals surface area contributed by atoms with E-state index in [0.29, 0.717) is 17.6 Å². The second-order valence-corrected chi connectivity index (χ2v) is 9.44. The number of aryl methyl sites for hydroxylation is 1. The highest BCUT2D eigenvalue weighted by Gasteiger charge is 2.35. The predicted octanol–water partition coefficient (Wildman–Crippen LogP) is 3.60. The molecule has 1 unspecified atom stereocenters. The van der Waals surface area contributed by atoms with Crippen LogP contribution in [0.3, 0.4) is 0 Å². The van der Waals surface area contributed by atoms with Crippen molar-refractivity contribution >= 4 is 29.3 Å². The lowest BCUT2D eigenvalue weighted by Gasteiger charge is -2.33. The Morgan fingerprint density at radius 2 is 1.86 bits per heavy atom. The molecule has 1 fully saturated rings. The molecule has 35 heavy (non-hydrogen) atoms. The number of piperidine rings is 1. The molecule has 2 aliphatic heterocycles. The number of rotatable bonds is 5. The minimum absolute atomic E-state index is 0.0976. The number of carbonyl (C=O) groups excluding carboxylic acids is 2. The SMILES string of the molecule is Cc1cccc(NC(=O)C2CC(=O)Nc3nc(N4CCC(Cc5ccccc5)CC4)[nH]c(=O)c32)c1. The van der Waals surface area contributed by atoms with Gasteiger partial charge in [0, 0.05) is 25.2 Å². The molecule has 3 N–H and O–H groups in total. The summed E-state index contributed by atoms with van der Waals surface area (Å²) in [6.45, 7) is 3.47. The Kier molecular flexibility index (Phi) is 6.35. The second-order valence-electron chi connectivity index (χ2n) is 9.44. The molecule has 0 saturated carbocycles. The molecule has 1 saturated heterocycles. The molecule has 2 amide bonds. The minimum atomic E-state index is -0.902. The number of aromatic nitrogens is 2. The summed E-state index contributed by atoms with van der Waals surface area (Å²) in [7, 11) is 0. The smallest absolute Gasteiger partial charge is 0.258 e. The van der Waals surface area contributed by atoms with Gasteiger partial charge < -0.3 is 15.5 Å². The van der Waals surface area contributed by atoms with Crippen molar-refractivity contribution in [3.63, 3.8) is 0 Å². The molecule has 1 aromatic heterocycles. The average Bonchev–Trinajstić information content (AvgIpc) is 2.84. The monoisotopic (exact) mass is 471 g/mol. The standard InChI is InChI=1S/C27H29N5O3/c1-17-6-5-9-20(14-17)28-25(34)21-16-22(33)29-24-23(21)26(35)31-27(30-24)32-12-10-19(11-13-32)15-18-7-3-2-4-8-18/h2-9,14,19,21H,10-13,15-16H2,1H3,(H,28,34)(H2,29,30,31,33,35). The average molecular weight is 472 g/mol. The Labute approximate surface area is 203 Å². The van der Waals surface area contributed by atoms with Gasteiger partial charge in [0.1, 0.15) is 5.82 Å². The zero-order chi connectivity index (χ0) is 24.4. The fraction of sp³-hybridized carbons (Fsp3) is 0.333. The van der Waals surface area contributed by atoms with Crippen LogP contribution in [-0.2, 0) is 16.0 Å². The van der Waals surface area contributed by atoms with Crippen LogP contribution >= 0.6 is 0 Å². The largest absolute Gasteiger partial charge is 0.342 e. The fourth-order valence-corrected chi connectivity index (χ4v) is 4.98. The van der Waals surface area contributed by atoms with Crippen LogP contribution in [0.15, 0.2) is 59.4 Å².